The molecule has 0 spiro atoms. The number of methoxy groups -OCH3 is 3. The molecule has 0 atom stereocenters. The summed E-state index contributed by atoms with van der Waals surface area (Å²) in [6.07, 6.45) is 8.84. The van der Waals surface area contributed by atoms with E-state index in [1.54, 1.807) is 21.3 Å². The van der Waals surface area contributed by atoms with Crippen molar-refractivity contribution in [3.63, 3.8) is 0 Å². The highest BCUT2D eigenvalue weighted by Gasteiger charge is 2.29. The van der Waals surface area contributed by atoms with E-state index in [1.807, 2.05) is 168 Å². The zero-order valence-corrected chi connectivity index (χ0v) is 50.7. The maximum Gasteiger partial charge on any atom is 0.203 e. The van der Waals surface area contributed by atoms with E-state index in [2.05, 4.69) is 41.6 Å². The molecule has 8 rings (SSSR count). The number of ether oxygens (including phenoxy) is 13. The summed E-state index contributed by atoms with van der Waals surface area (Å²) in [5.74, 6) is 4.40. The Labute approximate surface area is 495 Å². The van der Waals surface area contributed by atoms with Crippen LogP contribution in [0.3, 0.4) is 0 Å². The largest absolute Gasteiger partial charge is 0.491 e. The predicted molar refractivity (Wildman–Crippen MR) is 326 cm³/mol. The summed E-state index contributed by atoms with van der Waals surface area (Å²) in [5.41, 5.74) is 4.81. The predicted octanol–water partition coefficient (Wildman–Crippen LogP) is 13.6. The molecular formula is C60H69NO13S6. The number of nitrogens with zero attached hydrogens (tertiary/aromatic N) is 1. The van der Waals surface area contributed by atoms with E-state index in [-0.39, 0.29) is 26.4 Å². The minimum Gasteiger partial charge on any atom is -0.491 e. The van der Waals surface area contributed by atoms with E-state index in [4.69, 9.17) is 61.6 Å². The molecule has 0 saturated carbocycles. The van der Waals surface area contributed by atoms with Gasteiger partial charge in [0, 0.05) is 50.1 Å². The Morgan fingerprint density at radius 3 is 1.11 bits per heavy atom. The van der Waals surface area contributed by atoms with E-state index in [0.29, 0.717) is 96.5 Å². The van der Waals surface area contributed by atoms with Crippen LogP contribution in [0.4, 0.5) is 0 Å². The van der Waals surface area contributed by atoms with E-state index in [0.717, 1.165) is 51.8 Å². The van der Waals surface area contributed by atoms with Gasteiger partial charge in [0.05, 0.1) is 76.4 Å². The molecule has 0 unspecified atom stereocenters. The van der Waals surface area contributed by atoms with Gasteiger partial charge in [0.2, 0.25) is 5.75 Å². The molecule has 2 aliphatic heterocycles. The van der Waals surface area contributed by atoms with Crippen LogP contribution in [-0.2, 0) is 61.4 Å². The van der Waals surface area contributed by atoms with Gasteiger partial charge in [0.1, 0.15) is 69.2 Å². The van der Waals surface area contributed by atoms with Crippen molar-refractivity contribution in [2.24, 2.45) is 0 Å². The molecule has 6 aromatic rings. The van der Waals surface area contributed by atoms with Crippen molar-refractivity contribution in [3.8, 4) is 40.2 Å². The van der Waals surface area contributed by atoms with Crippen LogP contribution in [0.25, 0.3) is 0 Å². The summed E-state index contributed by atoms with van der Waals surface area (Å²) in [7, 11) is 4.95. The van der Waals surface area contributed by atoms with Gasteiger partial charge in [-0.15, -0.1) is 23.5 Å². The van der Waals surface area contributed by atoms with Crippen molar-refractivity contribution >= 4 is 70.6 Å². The average Bonchev–Trinajstić information content (AvgIpc) is 4.25. The molecule has 0 amide bonds. The number of aromatic nitrogens is 1. The first-order chi connectivity index (χ1) is 39.4. The lowest BCUT2D eigenvalue weighted by Gasteiger charge is -2.20. The molecule has 80 heavy (non-hydrogen) atoms. The van der Waals surface area contributed by atoms with Gasteiger partial charge in [0.15, 0.2) is 11.5 Å². The Morgan fingerprint density at radius 1 is 0.362 bits per heavy atom. The number of hydrogen-bond acceptors (Lipinski definition) is 19. The third kappa shape index (κ3) is 19.8. The van der Waals surface area contributed by atoms with Crippen LogP contribution in [0.15, 0.2) is 148 Å². The lowest BCUT2D eigenvalue weighted by atomic mass is 10.1. The molecule has 428 valence electrons. The molecule has 0 N–H and O–H groups in total. The second kappa shape index (κ2) is 34.1. The van der Waals surface area contributed by atoms with Gasteiger partial charge >= 0.3 is 0 Å². The molecule has 1 aromatic heterocycles. The molecule has 3 heterocycles. The average molecular weight is 1200 g/mol. The summed E-state index contributed by atoms with van der Waals surface area (Å²) in [6.45, 7) is 7.56. The number of rotatable bonds is 37. The quantitative estimate of drug-likeness (QED) is 0.0343. The third-order valence-electron chi connectivity index (χ3n) is 11.8. The van der Waals surface area contributed by atoms with Gasteiger partial charge < -0.3 is 66.1 Å². The monoisotopic (exact) mass is 1200 g/mol. The summed E-state index contributed by atoms with van der Waals surface area (Å²) < 4.78 is 84.0. The zero-order chi connectivity index (χ0) is 55.6. The van der Waals surface area contributed by atoms with Crippen molar-refractivity contribution in [2.75, 3.05) is 113 Å². The number of fused-ring (bicyclic) bond motifs is 1. The van der Waals surface area contributed by atoms with Gasteiger partial charge in [-0.1, -0.05) is 95.6 Å². The Kier molecular flexibility index (Phi) is 26.1. The molecular weight excluding hydrogens is 1140 g/mol. The van der Waals surface area contributed by atoms with E-state index < -0.39 is 0 Å². The van der Waals surface area contributed by atoms with Crippen molar-refractivity contribution in [3.05, 3.63) is 166 Å². The second-order valence-electron chi connectivity index (χ2n) is 17.6. The van der Waals surface area contributed by atoms with Crippen LogP contribution in [-0.4, -0.2) is 118 Å². The number of thioether (sulfide) groups is 6. The van der Waals surface area contributed by atoms with Gasteiger partial charge in [-0.05, 0) is 101 Å². The smallest absolute Gasteiger partial charge is 0.203 e. The van der Waals surface area contributed by atoms with E-state index in [9.17, 15) is 0 Å². The SMILES string of the molecule is COCCOCCOc1ccc(COc2cc(COc3ccc(Cn4cc5c(c4)SC(=C4SC(SC)=C(SC)S4)S5)cc3)cc(OCc3ccc(OCCOCCOC)cc3)c2OCc2ccc(OCCOCCOC)cc2)cc1. The van der Waals surface area contributed by atoms with Crippen LogP contribution in [0.2, 0.25) is 0 Å². The summed E-state index contributed by atoms with van der Waals surface area (Å²) >= 11 is 11.2. The first-order valence-corrected chi connectivity index (χ1v) is 31.7. The zero-order valence-electron chi connectivity index (χ0n) is 45.8. The van der Waals surface area contributed by atoms with Crippen LogP contribution in [0.1, 0.15) is 27.8 Å². The molecule has 5 aromatic carbocycles. The highest BCUT2D eigenvalue weighted by atomic mass is 32.3. The maximum atomic E-state index is 6.69. The molecule has 0 radical (unpaired) electrons. The fourth-order valence-corrected chi connectivity index (χ4v) is 15.5. The maximum absolute atomic E-state index is 6.69. The Hall–Kier alpha value is -4.68. The van der Waals surface area contributed by atoms with Crippen molar-refractivity contribution in [1.82, 2.24) is 4.57 Å². The van der Waals surface area contributed by atoms with E-state index >= 15 is 0 Å². The minimum atomic E-state index is 0.231. The molecule has 0 bridgehead atoms. The number of benzene rings is 5. The highest BCUT2D eigenvalue weighted by Crippen LogP contribution is 2.63. The first-order valence-electron chi connectivity index (χ1n) is 26.0. The van der Waals surface area contributed by atoms with Crippen LogP contribution >= 0.6 is 70.6 Å². The highest BCUT2D eigenvalue weighted by molar-refractivity contribution is 8.41. The lowest BCUT2D eigenvalue weighted by molar-refractivity contribution is 0.0544. The van der Waals surface area contributed by atoms with Crippen LogP contribution in [0.5, 0.6) is 40.2 Å². The molecule has 0 fully saturated rings. The molecule has 2 aliphatic rings. The summed E-state index contributed by atoms with van der Waals surface area (Å²) in [4.78, 5) is 2.61. The Balaban J connectivity index is 0.968. The number of hydrogen-bond donors (Lipinski definition) is 0. The van der Waals surface area contributed by atoms with E-state index in [1.165, 1.54) is 32.3 Å². The van der Waals surface area contributed by atoms with Crippen molar-refractivity contribution < 1.29 is 61.6 Å². The van der Waals surface area contributed by atoms with Crippen molar-refractivity contribution in [1.29, 1.82) is 0 Å². The Bertz CT molecular complexity index is 2740. The van der Waals surface area contributed by atoms with Crippen molar-refractivity contribution in [2.45, 2.75) is 42.8 Å². The summed E-state index contributed by atoms with van der Waals surface area (Å²) in [6, 6.07) is 35.7. The molecule has 20 heteroatoms. The molecule has 14 nitrogen and oxygen atoms in total. The standard InChI is InChI=1S/C60H69NO13S6/c1-62-22-25-65-28-31-68-48-16-8-44(9-17-48)39-72-52-34-47(42-71-51-14-6-43(7-15-51)36-61-37-54-55(38-61)78-59(77-54)60-79-57(75-4)58(76-5)80-60)35-53(73-40-45-10-18-49(19-11-45)69-32-29-66-26-23-63-2)56(52)74-41-46-12-20-50(21-13-46)70-33-30-67-27-24-64-3/h6-21,34-35,37-38H,22-33,36,39-42H2,1-5H3. The third-order valence-corrected chi connectivity index (χ3v) is 20.0. The molecule has 0 aliphatic carbocycles. The first kappa shape index (κ1) is 61.4. The summed E-state index contributed by atoms with van der Waals surface area (Å²) in [5, 5.41) is 0. The van der Waals surface area contributed by atoms with Gasteiger partial charge in [0.25, 0.3) is 0 Å². The van der Waals surface area contributed by atoms with Crippen LogP contribution < -0.4 is 33.2 Å². The minimum absolute atomic E-state index is 0.231. The van der Waals surface area contributed by atoms with Crippen LogP contribution in [0, 0.1) is 0 Å². The van der Waals surface area contributed by atoms with Gasteiger partial charge in [-0.2, -0.15) is 0 Å². The molecule has 0 saturated heterocycles. The Morgan fingerprint density at radius 2 is 0.713 bits per heavy atom. The van der Waals surface area contributed by atoms with Gasteiger partial charge in [-0.25, -0.2) is 0 Å². The second-order valence-corrected chi connectivity index (χ2v) is 24.5. The van der Waals surface area contributed by atoms with Gasteiger partial charge in [-0.3, -0.25) is 0 Å². The topological polar surface area (TPSA) is 125 Å². The normalized spacial score (nSPS) is 13.0. The fraction of sp³-hybridized carbons (Fsp3) is 0.367. The lowest BCUT2D eigenvalue weighted by Crippen LogP contribution is -2.10. The fourth-order valence-electron chi connectivity index (χ4n) is 7.67.